The average molecular weight is 459 g/mol. The van der Waals surface area contributed by atoms with Crippen LogP contribution in [0.25, 0.3) is 6.08 Å². The highest BCUT2D eigenvalue weighted by Gasteiger charge is 2.64. The Bertz CT molecular complexity index is 1200. The van der Waals surface area contributed by atoms with Crippen molar-refractivity contribution in [3.05, 3.63) is 65.7 Å². The van der Waals surface area contributed by atoms with Crippen LogP contribution in [0.4, 0.5) is 5.69 Å². The topological polar surface area (TPSA) is 76.1 Å². The smallest absolute Gasteiger partial charge is 0.235 e. The fraction of sp³-hybridized carbons (Fsp3) is 0.370. The Balaban J connectivity index is 1.43. The molecule has 4 aliphatic heterocycles. The Labute approximate surface area is 197 Å². The Morgan fingerprint density at radius 1 is 1.09 bits per heavy atom. The van der Waals surface area contributed by atoms with Gasteiger partial charge in [-0.1, -0.05) is 42.5 Å². The molecule has 2 aromatic carbocycles. The van der Waals surface area contributed by atoms with Crippen LogP contribution < -0.4 is 9.64 Å². The molecule has 0 spiro atoms. The number of Topliss-reactive ketones (excluding diaryl/α,β-unsaturated/α-hetero) is 1. The number of benzene rings is 2. The summed E-state index contributed by atoms with van der Waals surface area (Å²) in [5.41, 5.74) is 2.31. The zero-order chi connectivity index (χ0) is 23.4. The largest absolute Gasteiger partial charge is 0.497 e. The summed E-state index contributed by atoms with van der Waals surface area (Å²) in [5, 5.41) is 0. The molecule has 2 amide bonds. The number of hydrogen-bond donors (Lipinski definition) is 0. The molecule has 0 aliphatic carbocycles. The van der Waals surface area contributed by atoms with Gasteiger partial charge in [0, 0.05) is 17.9 Å². The van der Waals surface area contributed by atoms with Crippen LogP contribution in [-0.2, 0) is 14.3 Å². The number of ether oxygens (including phenoxy) is 2. The summed E-state index contributed by atoms with van der Waals surface area (Å²) in [4.78, 5) is 44.7. The van der Waals surface area contributed by atoms with E-state index in [4.69, 9.17) is 9.47 Å². The first kappa shape index (κ1) is 21.1. The second kappa shape index (κ2) is 8.09. The number of fused-ring (bicyclic) bond motifs is 5. The molecule has 3 saturated heterocycles. The molecule has 4 heterocycles. The molecular formula is C27H26N2O5. The van der Waals surface area contributed by atoms with Crippen molar-refractivity contribution in [3.63, 3.8) is 0 Å². The van der Waals surface area contributed by atoms with E-state index in [0.29, 0.717) is 17.9 Å². The molecule has 0 saturated carbocycles. The second-order valence-corrected chi connectivity index (χ2v) is 9.33. The van der Waals surface area contributed by atoms with E-state index in [1.54, 1.807) is 31.4 Å². The lowest BCUT2D eigenvalue weighted by atomic mass is 9.86. The van der Waals surface area contributed by atoms with Crippen LogP contribution in [0.5, 0.6) is 5.75 Å². The third-order valence-corrected chi connectivity index (χ3v) is 7.54. The number of imide groups is 1. The fourth-order valence-electron chi connectivity index (χ4n) is 5.99. The first-order valence-electron chi connectivity index (χ1n) is 11.8. The van der Waals surface area contributed by atoms with E-state index in [1.807, 2.05) is 41.3 Å². The number of carbonyl (C=O) groups excluding carboxylic acids is 3. The highest BCUT2D eigenvalue weighted by atomic mass is 16.5. The third kappa shape index (κ3) is 3.10. The van der Waals surface area contributed by atoms with Gasteiger partial charge in [0.2, 0.25) is 11.8 Å². The number of amides is 2. The van der Waals surface area contributed by atoms with E-state index >= 15 is 0 Å². The van der Waals surface area contributed by atoms with Gasteiger partial charge in [0.15, 0.2) is 5.78 Å². The normalized spacial score (nSPS) is 29.3. The van der Waals surface area contributed by atoms with Gasteiger partial charge in [-0.25, -0.2) is 0 Å². The van der Waals surface area contributed by atoms with Crippen LogP contribution in [0, 0.1) is 11.8 Å². The Morgan fingerprint density at radius 3 is 2.71 bits per heavy atom. The van der Waals surface area contributed by atoms with Crippen molar-refractivity contribution in [3.8, 4) is 5.75 Å². The lowest BCUT2D eigenvalue weighted by Gasteiger charge is -2.36. The number of anilines is 1. The summed E-state index contributed by atoms with van der Waals surface area (Å²) in [6, 6.07) is 13.7. The molecule has 5 atom stereocenters. The van der Waals surface area contributed by atoms with Gasteiger partial charge in [0.05, 0.1) is 37.6 Å². The molecule has 0 radical (unpaired) electrons. The van der Waals surface area contributed by atoms with Crippen molar-refractivity contribution in [1.82, 2.24) is 4.90 Å². The maximum Gasteiger partial charge on any atom is 0.235 e. The first-order chi connectivity index (χ1) is 16.6. The second-order valence-electron chi connectivity index (χ2n) is 9.33. The Kier molecular flexibility index (Phi) is 5.03. The summed E-state index contributed by atoms with van der Waals surface area (Å²) in [5.74, 6) is -1.42. The monoisotopic (exact) mass is 458 g/mol. The van der Waals surface area contributed by atoms with Gasteiger partial charge in [-0.3, -0.25) is 19.3 Å². The zero-order valence-electron chi connectivity index (χ0n) is 18.9. The van der Waals surface area contributed by atoms with Crippen molar-refractivity contribution in [1.29, 1.82) is 0 Å². The van der Waals surface area contributed by atoms with Gasteiger partial charge in [-0.15, -0.1) is 0 Å². The molecule has 6 rings (SSSR count). The number of likely N-dealkylation sites (tertiary alicyclic amines) is 1. The number of ketones is 1. The minimum Gasteiger partial charge on any atom is -0.497 e. The van der Waals surface area contributed by atoms with E-state index in [-0.39, 0.29) is 36.3 Å². The summed E-state index contributed by atoms with van der Waals surface area (Å²) in [6.07, 6.45) is 5.60. The van der Waals surface area contributed by atoms with Crippen LogP contribution >= 0.6 is 0 Å². The van der Waals surface area contributed by atoms with Crippen LogP contribution in [-0.4, -0.2) is 60.9 Å². The number of nitrogens with zero attached hydrogens (tertiary/aromatic N) is 2. The number of hydrogen-bond acceptors (Lipinski definition) is 6. The molecule has 3 fully saturated rings. The predicted octanol–water partition coefficient (Wildman–Crippen LogP) is 2.94. The van der Waals surface area contributed by atoms with Gasteiger partial charge in [-0.2, -0.15) is 0 Å². The predicted molar refractivity (Wildman–Crippen MR) is 126 cm³/mol. The maximum atomic E-state index is 14.0. The molecule has 34 heavy (non-hydrogen) atoms. The summed E-state index contributed by atoms with van der Waals surface area (Å²) in [7, 11) is 1.55. The van der Waals surface area contributed by atoms with E-state index in [9.17, 15) is 14.4 Å². The Morgan fingerprint density at radius 2 is 1.91 bits per heavy atom. The van der Waals surface area contributed by atoms with Crippen molar-refractivity contribution >= 4 is 29.4 Å². The van der Waals surface area contributed by atoms with Gasteiger partial charge in [0.25, 0.3) is 0 Å². The molecule has 4 aliphatic rings. The highest BCUT2D eigenvalue weighted by Crippen LogP contribution is 2.49. The number of carbonyl (C=O) groups is 3. The van der Waals surface area contributed by atoms with E-state index in [1.165, 1.54) is 4.90 Å². The van der Waals surface area contributed by atoms with Crippen LogP contribution in [0.3, 0.4) is 0 Å². The average Bonchev–Trinajstić information content (AvgIpc) is 3.57. The van der Waals surface area contributed by atoms with Gasteiger partial charge >= 0.3 is 0 Å². The molecule has 2 aromatic rings. The lowest BCUT2D eigenvalue weighted by molar-refractivity contribution is -0.142. The zero-order valence-corrected chi connectivity index (χ0v) is 18.9. The van der Waals surface area contributed by atoms with E-state index in [2.05, 4.69) is 0 Å². The highest BCUT2D eigenvalue weighted by molar-refractivity contribution is 6.14. The molecule has 7 nitrogen and oxygen atoms in total. The van der Waals surface area contributed by atoms with E-state index < -0.39 is 17.9 Å². The molecule has 0 aromatic heterocycles. The Hall–Kier alpha value is -3.45. The standard InChI is InChI=1S/C27H26N2O5/c1-33-18-8-4-7-17(14-18)25(30)24-23-22(21-12-11-16-6-2-3-10-20(16)29(21)24)26(31)28(27(23)32)15-19-9-5-13-34-19/h2-4,6-8,10-12,14,19,21-24H,5,9,13,15H2,1H3/t19-,21+,22+,23-,24-/m0/s1. The quantitative estimate of drug-likeness (QED) is 0.507. The number of para-hydroxylation sites is 1. The minimum atomic E-state index is -0.779. The maximum absolute atomic E-state index is 14.0. The van der Waals surface area contributed by atoms with Crippen molar-refractivity contribution < 1.29 is 23.9 Å². The SMILES string of the molecule is COc1cccc(C(=O)[C@@H]2[C@H]3C(=O)N(C[C@@H]4CCCO4)C(=O)[C@@H]3[C@H]3C=Cc4ccccc4N32)c1. The van der Waals surface area contributed by atoms with E-state index in [0.717, 1.165) is 24.1 Å². The lowest BCUT2D eigenvalue weighted by Crippen LogP contribution is -2.49. The minimum absolute atomic E-state index is 0.127. The van der Waals surface area contributed by atoms with Crippen LogP contribution in [0.15, 0.2) is 54.6 Å². The third-order valence-electron chi connectivity index (χ3n) is 7.54. The molecule has 174 valence electrons. The van der Waals surface area contributed by atoms with Crippen molar-refractivity contribution in [2.45, 2.75) is 31.0 Å². The molecular weight excluding hydrogens is 432 g/mol. The van der Waals surface area contributed by atoms with Crippen molar-refractivity contribution in [2.24, 2.45) is 11.8 Å². The van der Waals surface area contributed by atoms with Gasteiger partial charge in [-0.05, 0) is 36.6 Å². The summed E-state index contributed by atoms with van der Waals surface area (Å²) < 4.78 is 11.0. The fourth-order valence-corrected chi connectivity index (χ4v) is 5.99. The van der Waals surface area contributed by atoms with Gasteiger partial charge < -0.3 is 14.4 Å². The van der Waals surface area contributed by atoms with Gasteiger partial charge in [0.1, 0.15) is 11.8 Å². The molecule has 0 bridgehead atoms. The number of methoxy groups -OCH3 is 1. The van der Waals surface area contributed by atoms with Crippen LogP contribution in [0.2, 0.25) is 0 Å². The molecule has 0 unspecified atom stereocenters. The van der Waals surface area contributed by atoms with Crippen molar-refractivity contribution in [2.75, 3.05) is 25.2 Å². The first-order valence-corrected chi connectivity index (χ1v) is 11.8. The summed E-state index contributed by atoms with van der Waals surface area (Å²) in [6.45, 7) is 0.915. The molecule has 0 N–H and O–H groups in total. The molecule has 7 heteroatoms. The van der Waals surface area contributed by atoms with Crippen LogP contribution in [0.1, 0.15) is 28.8 Å². The summed E-state index contributed by atoms with van der Waals surface area (Å²) >= 11 is 0. The number of rotatable bonds is 5.